The van der Waals surface area contributed by atoms with Crippen molar-refractivity contribution in [3.05, 3.63) is 0 Å². The zero-order chi connectivity index (χ0) is 17.5. The average molecular weight is 341 g/mol. The molecule has 1 saturated carbocycles. The Morgan fingerprint density at radius 3 is 2.08 bits per heavy atom. The quantitative estimate of drug-likeness (QED) is 0.340. The van der Waals surface area contributed by atoms with Crippen LogP contribution >= 0.6 is 0 Å². The van der Waals surface area contributed by atoms with E-state index in [4.69, 9.17) is 9.84 Å². The minimum absolute atomic E-state index is 0.340. The van der Waals surface area contributed by atoms with E-state index in [1.807, 2.05) is 0 Å². The van der Waals surface area contributed by atoms with Crippen LogP contribution in [0.15, 0.2) is 0 Å². The van der Waals surface area contributed by atoms with Gasteiger partial charge in [0.15, 0.2) is 0 Å². The van der Waals surface area contributed by atoms with E-state index in [0.29, 0.717) is 6.42 Å². The van der Waals surface area contributed by atoms with E-state index in [9.17, 15) is 4.79 Å². The molecular formula is C21H40O3. The molecule has 142 valence electrons. The third kappa shape index (κ3) is 11.1. The first kappa shape index (κ1) is 21.5. The van der Waals surface area contributed by atoms with Crippen molar-refractivity contribution in [1.29, 1.82) is 0 Å². The maximum absolute atomic E-state index is 10.5. The second kappa shape index (κ2) is 14.7. The third-order valence-electron chi connectivity index (χ3n) is 5.54. The van der Waals surface area contributed by atoms with Crippen LogP contribution < -0.4 is 0 Å². The molecule has 0 spiro atoms. The monoisotopic (exact) mass is 340 g/mol. The lowest BCUT2D eigenvalue weighted by Crippen LogP contribution is -2.08. The molecule has 1 aliphatic carbocycles. The molecule has 0 bridgehead atoms. The summed E-state index contributed by atoms with van der Waals surface area (Å²) in [6, 6.07) is 0. The number of hydrogen-bond donors (Lipinski definition) is 1. The fourth-order valence-corrected chi connectivity index (χ4v) is 4.08. The number of rotatable bonds is 16. The molecule has 1 rings (SSSR count). The molecule has 3 nitrogen and oxygen atoms in total. The summed E-state index contributed by atoms with van der Waals surface area (Å²) in [4.78, 5) is 10.5. The van der Waals surface area contributed by atoms with Crippen LogP contribution in [0.5, 0.6) is 0 Å². The summed E-state index contributed by atoms with van der Waals surface area (Å²) in [5.74, 6) is 1.24. The van der Waals surface area contributed by atoms with Crippen LogP contribution in [0, 0.1) is 11.8 Å². The van der Waals surface area contributed by atoms with Gasteiger partial charge < -0.3 is 9.84 Å². The molecule has 1 fully saturated rings. The van der Waals surface area contributed by atoms with Crippen molar-refractivity contribution in [2.45, 2.75) is 103 Å². The van der Waals surface area contributed by atoms with Crippen molar-refractivity contribution in [2.75, 3.05) is 13.2 Å². The Morgan fingerprint density at radius 1 is 0.875 bits per heavy atom. The molecule has 0 aromatic heterocycles. The standard InChI is InChI=1S/C21H40O3/c1-2-3-9-17-24-18-10-8-13-20-15-11-14-19(20)12-6-4-5-7-16-21(22)23/h19-20H,2-18H2,1H3,(H,22,23)/t19-,20-/m0/s1. The summed E-state index contributed by atoms with van der Waals surface area (Å²) >= 11 is 0. The van der Waals surface area contributed by atoms with E-state index in [2.05, 4.69) is 6.92 Å². The van der Waals surface area contributed by atoms with E-state index in [0.717, 1.165) is 37.9 Å². The van der Waals surface area contributed by atoms with Crippen molar-refractivity contribution in [2.24, 2.45) is 11.8 Å². The molecular weight excluding hydrogens is 300 g/mol. The number of carboxylic acid groups (broad SMARTS) is 1. The van der Waals surface area contributed by atoms with Gasteiger partial charge in [0.1, 0.15) is 0 Å². The smallest absolute Gasteiger partial charge is 0.303 e. The summed E-state index contributed by atoms with van der Waals surface area (Å²) in [5, 5.41) is 8.64. The highest BCUT2D eigenvalue weighted by atomic mass is 16.5. The van der Waals surface area contributed by atoms with Gasteiger partial charge in [-0.1, -0.05) is 77.6 Å². The summed E-state index contributed by atoms with van der Waals surface area (Å²) in [7, 11) is 0. The molecule has 24 heavy (non-hydrogen) atoms. The van der Waals surface area contributed by atoms with Crippen LogP contribution in [-0.4, -0.2) is 24.3 Å². The zero-order valence-electron chi connectivity index (χ0n) is 15.9. The molecule has 1 aliphatic rings. The lowest BCUT2D eigenvalue weighted by atomic mass is 9.87. The predicted octanol–water partition coefficient (Wildman–Crippen LogP) is 6.21. The summed E-state index contributed by atoms with van der Waals surface area (Å²) in [6.07, 6.45) is 18.1. The van der Waals surface area contributed by atoms with Gasteiger partial charge in [-0.15, -0.1) is 0 Å². The van der Waals surface area contributed by atoms with Crippen LogP contribution in [0.25, 0.3) is 0 Å². The third-order valence-corrected chi connectivity index (χ3v) is 5.54. The Bertz CT molecular complexity index is 303. The number of hydrogen-bond acceptors (Lipinski definition) is 2. The Kier molecular flexibility index (Phi) is 13.2. The molecule has 2 atom stereocenters. The molecule has 0 unspecified atom stereocenters. The average Bonchev–Trinajstić information content (AvgIpc) is 3.00. The first-order chi connectivity index (χ1) is 11.7. The van der Waals surface area contributed by atoms with Gasteiger partial charge in [-0.05, 0) is 31.1 Å². The van der Waals surface area contributed by atoms with Gasteiger partial charge >= 0.3 is 5.97 Å². The number of unbranched alkanes of at least 4 members (excludes halogenated alkanes) is 6. The van der Waals surface area contributed by atoms with Crippen LogP contribution in [0.2, 0.25) is 0 Å². The highest BCUT2D eigenvalue weighted by molar-refractivity contribution is 5.66. The largest absolute Gasteiger partial charge is 0.481 e. The van der Waals surface area contributed by atoms with E-state index < -0.39 is 5.97 Å². The van der Waals surface area contributed by atoms with Crippen molar-refractivity contribution >= 4 is 5.97 Å². The second-order valence-electron chi connectivity index (χ2n) is 7.61. The number of aliphatic carboxylic acids is 1. The first-order valence-corrected chi connectivity index (χ1v) is 10.5. The maximum atomic E-state index is 10.5. The van der Waals surface area contributed by atoms with Crippen LogP contribution in [0.4, 0.5) is 0 Å². The van der Waals surface area contributed by atoms with Gasteiger partial charge in [0.2, 0.25) is 0 Å². The molecule has 0 saturated heterocycles. The normalized spacial score (nSPS) is 20.5. The summed E-state index contributed by atoms with van der Waals surface area (Å²) in [6.45, 7) is 4.13. The van der Waals surface area contributed by atoms with Gasteiger partial charge in [-0.3, -0.25) is 4.79 Å². The lowest BCUT2D eigenvalue weighted by molar-refractivity contribution is -0.137. The lowest BCUT2D eigenvalue weighted by Gasteiger charge is -2.19. The molecule has 3 heteroatoms. The molecule has 0 aromatic rings. The van der Waals surface area contributed by atoms with Gasteiger partial charge in [0.05, 0.1) is 0 Å². The molecule has 0 aromatic carbocycles. The Morgan fingerprint density at radius 2 is 1.46 bits per heavy atom. The van der Waals surface area contributed by atoms with Gasteiger partial charge in [0, 0.05) is 19.6 Å². The predicted molar refractivity (Wildman–Crippen MR) is 100 cm³/mol. The van der Waals surface area contributed by atoms with Gasteiger partial charge in [-0.2, -0.15) is 0 Å². The van der Waals surface area contributed by atoms with E-state index in [-0.39, 0.29) is 0 Å². The minimum atomic E-state index is -0.653. The minimum Gasteiger partial charge on any atom is -0.481 e. The van der Waals surface area contributed by atoms with E-state index in [1.54, 1.807) is 0 Å². The SMILES string of the molecule is CCCCCOCCCC[C@H]1CCC[C@@H]1CCCCCCC(=O)O. The topological polar surface area (TPSA) is 46.5 Å². The summed E-state index contributed by atoms with van der Waals surface area (Å²) in [5.41, 5.74) is 0. The molecule has 0 amide bonds. The van der Waals surface area contributed by atoms with Crippen LogP contribution in [0.1, 0.15) is 103 Å². The highest BCUT2D eigenvalue weighted by Crippen LogP contribution is 2.38. The van der Waals surface area contributed by atoms with Crippen molar-refractivity contribution in [3.63, 3.8) is 0 Å². The molecule has 0 radical (unpaired) electrons. The Labute approximate surface area is 149 Å². The van der Waals surface area contributed by atoms with Gasteiger partial charge in [0.25, 0.3) is 0 Å². The van der Waals surface area contributed by atoms with Crippen molar-refractivity contribution < 1.29 is 14.6 Å². The Balaban J connectivity index is 1.95. The number of carboxylic acids is 1. The molecule has 0 heterocycles. The van der Waals surface area contributed by atoms with E-state index >= 15 is 0 Å². The van der Waals surface area contributed by atoms with Crippen LogP contribution in [0.3, 0.4) is 0 Å². The van der Waals surface area contributed by atoms with Crippen LogP contribution in [-0.2, 0) is 9.53 Å². The van der Waals surface area contributed by atoms with Crippen molar-refractivity contribution in [3.8, 4) is 0 Å². The van der Waals surface area contributed by atoms with E-state index in [1.165, 1.54) is 77.0 Å². The number of ether oxygens (including phenoxy) is 1. The molecule has 1 N–H and O–H groups in total. The molecule has 0 aliphatic heterocycles. The summed E-state index contributed by atoms with van der Waals surface area (Å²) < 4.78 is 5.70. The fourth-order valence-electron chi connectivity index (χ4n) is 4.08. The fraction of sp³-hybridized carbons (Fsp3) is 0.952. The first-order valence-electron chi connectivity index (χ1n) is 10.5. The highest BCUT2D eigenvalue weighted by Gasteiger charge is 2.25. The Hall–Kier alpha value is -0.570. The second-order valence-corrected chi connectivity index (χ2v) is 7.61. The zero-order valence-corrected chi connectivity index (χ0v) is 15.9. The number of carbonyl (C=O) groups is 1. The maximum Gasteiger partial charge on any atom is 0.303 e. The van der Waals surface area contributed by atoms with Crippen molar-refractivity contribution in [1.82, 2.24) is 0 Å². The van der Waals surface area contributed by atoms with Gasteiger partial charge in [-0.25, -0.2) is 0 Å².